The number of nitrogens with zero attached hydrogens (tertiary/aromatic N) is 1. The molecule has 0 bridgehead atoms. The summed E-state index contributed by atoms with van der Waals surface area (Å²) in [6, 6.07) is 5.42. The molecule has 1 aromatic carbocycles. The van der Waals surface area contributed by atoms with Crippen LogP contribution in [0.3, 0.4) is 0 Å². The third-order valence-electron chi connectivity index (χ3n) is 2.38. The summed E-state index contributed by atoms with van der Waals surface area (Å²) in [7, 11) is 2.01. The highest BCUT2D eigenvalue weighted by Crippen LogP contribution is 2.13. The molecule has 14 heavy (non-hydrogen) atoms. The van der Waals surface area contributed by atoms with E-state index in [1.165, 1.54) is 6.07 Å². The second kappa shape index (κ2) is 4.42. The summed E-state index contributed by atoms with van der Waals surface area (Å²) >= 11 is 0. The van der Waals surface area contributed by atoms with E-state index < -0.39 is 0 Å². The second-order valence-electron chi connectivity index (χ2n) is 3.86. The van der Waals surface area contributed by atoms with Gasteiger partial charge in [0, 0.05) is 12.6 Å². The number of benzene rings is 1. The fourth-order valence-electron chi connectivity index (χ4n) is 1.14. The van der Waals surface area contributed by atoms with Gasteiger partial charge in [0.05, 0.1) is 5.69 Å². The summed E-state index contributed by atoms with van der Waals surface area (Å²) in [5, 5.41) is 0. The zero-order chi connectivity index (χ0) is 10.7. The standard InChI is InChI=1S/C11H17FN2/c1-8(2)14(3)7-9-4-5-11(13)10(12)6-9/h4-6,8H,7,13H2,1-3H3. The second-order valence-corrected chi connectivity index (χ2v) is 3.86. The quantitative estimate of drug-likeness (QED) is 0.751. The van der Waals surface area contributed by atoms with E-state index in [9.17, 15) is 4.39 Å². The monoisotopic (exact) mass is 196 g/mol. The molecule has 0 atom stereocenters. The third-order valence-corrected chi connectivity index (χ3v) is 2.38. The SMILES string of the molecule is CC(C)N(C)Cc1ccc(N)c(F)c1. The Bertz CT molecular complexity index is 310. The van der Waals surface area contributed by atoms with E-state index in [1.54, 1.807) is 6.07 Å². The van der Waals surface area contributed by atoms with Crippen molar-refractivity contribution >= 4 is 5.69 Å². The van der Waals surface area contributed by atoms with Gasteiger partial charge in [-0.25, -0.2) is 4.39 Å². The van der Waals surface area contributed by atoms with Crippen LogP contribution < -0.4 is 5.73 Å². The van der Waals surface area contributed by atoms with Crippen molar-refractivity contribution in [3.05, 3.63) is 29.6 Å². The molecular formula is C11H17FN2. The van der Waals surface area contributed by atoms with Gasteiger partial charge in [-0.1, -0.05) is 6.07 Å². The van der Waals surface area contributed by atoms with E-state index >= 15 is 0 Å². The van der Waals surface area contributed by atoms with E-state index in [1.807, 2.05) is 13.1 Å². The first-order valence-corrected chi connectivity index (χ1v) is 4.75. The van der Waals surface area contributed by atoms with Crippen molar-refractivity contribution in [3.8, 4) is 0 Å². The molecule has 3 heteroatoms. The lowest BCUT2D eigenvalue weighted by atomic mass is 10.2. The highest BCUT2D eigenvalue weighted by atomic mass is 19.1. The first-order valence-electron chi connectivity index (χ1n) is 4.75. The van der Waals surface area contributed by atoms with E-state index in [2.05, 4.69) is 18.7 Å². The minimum absolute atomic E-state index is 0.209. The number of anilines is 1. The molecule has 1 rings (SSSR count). The maximum atomic E-state index is 13.1. The summed E-state index contributed by atoms with van der Waals surface area (Å²) in [5.74, 6) is -0.334. The van der Waals surface area contributed by atoms with Gasteiger partial charge in [0.15, 0.2) is 0 Å². The summed E-state index contributed by atoms with van der Waals surface area (Å²) in [6.07, 6.45) is 0. The average molecular weight is 196 g/mol. The minimum Gasteiger partial charge on any atom is -0.396 e. The molecule has 0 amide bonds. The van der Waals surface area contributed by atoms with Crippen LogP contribution in [0.15, 0.2) is 18.2 Å². The van der Waals surface area contributed by atoms with Crippen LogP contribution >= 0.6 is 0 Å². The molecule has 0 fully saturated rings. The van der Waals surface area contributed by atoms with Gasteiger partial charge < -0.3 is 5.73 Å². The normalized spacial score (nSPS) is 11.3. The van der Waals surface area contributed by atoms with Crippen LogP contribution in [-0.4, -0.2) is 18.0 Å². The lowest BCUT2D eigenvalue weighted by molar-refractivity contribution is 0.265. The lowest BCUT2D eigenvalue weighted by Crippen LogP contribution is -2.25. The van der Waals surface area contributed by atoms with E-state index in [0.29, 0.717) is 6.04 Å². The van der Waals surface area contributed by atoms with Gasteiger partial charge in [-0.2, -0.15) is 0 Å². The van der Waals surface area contributed by atoms with Crippen LogP contribution in [0.1, 0.15) is 19.4 Å². The zero-order valence-corrected chi connectivity index (χ0v) is 8.92. The van der Waals surface area contributed by atoms with Crippen LogP contribution in [0.5, 0.6) is 0 Å². The number of hydrogen-bond donors (Lipinski definition) is 1. The Morgan fingerprint density at radius 1 is 1.43 bits per heavy atom. The molecular weight excluding hydrogens is 179 g/mol. The number of nitrogens with two attached hydrogens (primary N) is 1. The first kappa shape index (κ1) is 11.0. The van der Waals surface area contributed by atoms with Crippen LogP contribution in [0.2, 0.25) is 0 Å². The average Bonchev–Trinajstić information content (AvgIpc) is 2.11. The molecule has 2 N–H and O–H groups in total. The van der Waals surface area contributed by atoms with Crippen LogP contribution in [0.4, 0.5) is 10.1 Å². The van der Waals surface area contributed by atoms with Crippen molar-refractivity contribution in [2.24, 2.45) is 0 Å². The Labute approximate surface area is 84.5 Å². The summed E-state index contributed by atoms with van der Waals surface area (Å²) in [5.41, 5.74) is 6.55. The minimum atomic E-state index is -0.334. The Morgan fingerprint density at radius 3 is 2.57 bits per heavy atom. The lowest BCUT2D eigenvalue weighted by Gasteiger charge is -2.20. The molecule has 0 aromatic heterocycles. The van der Waals surface area contributed by atoms with Crippen molar-refractivity contribution in [3.63, 3.8) is 0 Å². The Kier molecular flexibility index (Phi) is 3.47. The highest BCUT2D eigenvalue weighted by Gasteiger charge is 2.05. The van der Waals surface area contributed by atoms with Crippen LogP contribution in [-0.2, 0) is 6.54 Å². The number of rotatable bonds is 3. The van der Waals surface area contributed by atoms with Crippen LogP contribution in [0, 0.1) is 5.82 Å². The molecule has 78 valence electrons. The predicted molar refractivity (Wildman–Crippen MR) is 57.4 cm³/mol. The fraction of sp³-hybridized carbons (Fsp3) is 0.455. The highest BCUT2D eigenvalue weighted by molar-refractivity contribution is 5.41. The Morgan fingerprint density at radius 2 is 2.07 bits per heavy atom. The zero-order valence-electron chi connectivity index (χ0n) is 8.92. The van der Waals surface area contributed by atoms with Gasteiger partial charge in [0.25, 0.3) is 0 Å². The molecule has 0 saturated carbocycles. The van der Waals surface area contributed by atoms with Crippen LogP contribution in [0.25, 0.3) is 0 Å². The van der Waals surface area contributed by atoms with E-state index in [4.69, 9.17) is 5.73 Å². The van der Waals surface area contributed by atoms with Gasteiger partial charge in [0.2, 0.25) is 0 Å². The van der Waals surface area contributed by atoms with E-state index in [-0.39, 0.29) is 11.5 Å². The van der Waals surface area contributed by atoms with E-state index in [0.717, 1.165) is 12.1 Å². The van der Waals surface area contributed by atoms with Crippen molar-refractivity contribution < 1.29 is 4.39 Å². The fourth-order valence-corrected chi connectivity index (χ4v) is 1.14. The third kappa shape index (κ3) is 2.70. The van der Waals surface area contributed by atoms with Gasteiger partial charge in [0.1, 0.15) is 5.82 Å². The predicted octanol–water partition coefficient (Wildman–Crippen LogP) is 2.25. The van der Waals surface area contributed by atoms with Crippen molar-refractivity contribution in [1.29, 1.82) is 0 Å². The molecule has 0 heterocycles. The van der Waals surface area contributed by atoms with Crippen molar-refractivity contribution in [2.75, 3.05) is 12.8 Å². The number of nitrogen functional groups attached to an aromatic ring is 1. The van der Waals surface area contributed by atoms with Gasteiger partial charge in [-0.15, -0.1) is 0 Å². The molecule has 0 spiro atoms. The molecule has 0 aliphatic heterocycles. The molecule has 0 aliphatic carbocycles. The van der Waals surface area contributed by atoms with Gasteiger partial charge >= 0.3 is 0 Å². The molecule has 0 unspecified atom stereocenters. The molecule has 0 aliphatic rings. The largest absolute Gasteiger partial charge is 0.396 e. The maximum Gasteiger partial charge on any atom is 0.146 e. The molecule has 1 aromatic rings. The number of hydrogen-bond acceptors (Lipinski definition) is 2. The topological polar surface area (TPSA) is 29.3 Å². The van der Waals surface area contributed by atoms with Gasteiger partial charge in [-0.05, 0) is 38.6 Å². The van der Waals surface area contributed by atoms with Gasteiger partial charge in [-0.3, -0.25) is 4.90 Å². The smallest absolute Gasteiger partial charge is 0.146 e. The number of halogens is 1. The molecule has 0 radical (unpaired) electrons. The summed E-state index contributed by atoms with van der Waals surface area (Å²) < 4.78 is 13.1. The summed E-state index contributed by atoms with van der Waals surface area (Å²) in [6.45, 7) is 4.95. The molecule has 0 saturated heterocycles. The maximum absolute atomic E-state index is 13.1. The first-order chi connectivity index (χ1) is 6.50. The van der Waals surface area contributed by atoms with Crippen molar-refractivity contribution in [2.45, 2.75) is 26.4 Å². The van der Waals surface area contributed by atoms with Crippen molar-refractivity contribution in [1.82, 2.24) is 4.90 Å². The molecule has 2 nitrogen and oxygen atoms in total. The Hall–Kier alpha value is -1.09. The summed E-state index contributed by atoms with van der Waals surface area (Å²) in [4.78, 5) is 2.14. The Balaban J connectivity index is 2.73.